The highest BCUT2D eigenvalue weighted by Crippen LogP contribution is 2.46. The average molecular weight is 322 g/mol. The summed E-state index contributed by atoms with van der Waals surface area (Å²) >= 11 is 0. The SMILES string of the molecule is COC1(c2ccccc2)OCCC2=C(c3ccccc3)C(=O)OC21. The lowest BCUT2D eigenvalue weighted by Gasteiger charge is -2.41. The fourth-order valence-corrected chi connectivity index (χ4v) is 3.55. The summed E-state index contributed by atoms with van der Waals surface area (Å²) in [7, 11) is 1.59. The predicted octanol–water partition coefficient (Wildman–Crippen LogP) is 3.29. The second-order valence-electron chi connectivity index (χ2n) is 5.89. The van der Waals surface area contributed by atoms with E-state index in [1.54, 1.807) is 7.11 Å². The minimum absolute atomic E-state index is 0.316. The molecule has 24 heavy (non-hydrogen) atoms. The van der Waals surface area contributed by atoms with Crippen LogP contribution < -0.4 is 0 Å². The van der Waals surface area contributed by atoms with Gasteiger partial charge in [0.15, 0.2) is 6.10 Å². The lowest BCUT2D eigenvalue weighted by Crippen LogP contribution is -2.48. The van der Waals surface area contributed by atoms with Crippen LogP contribution in [0.3, 0.4) is 0 Å². The quantitative estimate of drug-likeness (QED) is 0.814. The topological polar surface area (TPSA) is 44.8 Å². The molecule has 4 rings (SSSR count). The molecule has 0 radical (unpaired) electrons. The van der Waals surface area contributed by atoms with Crippen LogP contribution in [0.25, 0.3) is 5.57 Å². The summed E-state index contributed by atoms with van der Waals surface area (Å²) in [5, 5.41) is 0. The van der Waals surface area contributed by atoms with Gasteiger partial charge in [0.1, 0.15) is 0 Å². The van der Waals surface area contributed by atoms with Crippen LogP contribution in [0.4, 0.5) is 0 Å². The van der Waals surface area contributed by atoms with Crippen molar-refractivity contribution in [3.63, 3.8) is 0 Å². The number of rotatable bonds is 3. The molecule has 2 aliphatic heterocycles. The van der Waals surface area contributed by atoms with Crippen molar-refractivity contribution in [2.24, 2.45) is 0 Å². The summed E-state index contributed by atoms with van der Waals surface area (Å²) in [5.41, 5.74) is 3.31. The lowest BCUT2D eigenvalue weighted by atomic mass is 9.87. The minimum Gasteiger partial charge on any atom is -0.448 e. The van der Waals surface area contributed by atoms with Crippen LogP contribution in [0.2, 0.25) is 0 Å². The third-order valence-electron chi connectivity index (χ3n) is 4.64. The Hall–Kier alpha value is -2.43. The molecule has 0 N–H and O–H groups in total. The van der Waals surface area contributed by atoms with Crippen molar-refractivity contribution in [2.45, 2.75) is 18.3 Å². The van der Waals surface area contributed by atoms with E-state index in [9.17, 15) is 4.79 Å². The van der Waals surface area contributed by atoms with Gasteiger partial charge in [0.2, 0.25) is 5.79 Å². The zero-order chi connectivity index (χ0) is 16.6. The largest absolute Gasteiger partial charge is 0.448 e. The van der Waals surface area contributed by atoms with Gasteiger partial charge in [-0.1, -0.05) is 60.7 Å². The van der Waals surface area contributed by atoms with Gasteiger partial charge < -0.3 is 14.2 Å². The summed E-state index contributed by atoms with van der Waals surface area (Å²) in [6.07, 6.45) is 0.0832. The fourth-order valence-electron chi connectivity index (χ4n) is 3.55. The molecule has 2 aromatic carbocycles. The van der Waals surface area contributed by atoms with Crippen LogP contribution in [-0.4, -0.2) is 25.8 Å². The molecule has 2 aromatic rings. The van der Waals surface area contributed by atoms with E-state index in [0.717, 1.165) is 16.7 Å². The molecule has 0 amide bonds. The first-order valence-corrected chi connectivity index (χ1v) is 8.00. The van der Waals surface area contributed by atoms with Gasteiger partial charge in [0.05, 0.1) is 12.2 Å². The molecular formula is C20H18O4. The van der Waals surface area contributed by atoms with Gasteiger partial charge in [0, 0.05) is 12.7 Å². The normalized spacial score (nSPS) is 26.2. The number of fused-ring (bicyclic) bond motifs is 1. The summed E-state index contributed by atoms with van der Waals surface area (Å²) < 4.78 is 17.5. The molecule has 1 saturated heterocycles. The highest BCUT2D eigenvalue weighted by molar-refractivity contribution is 6.19. The van der Waals surface area contributed by atoms with E-state index in [1.165, 1.54) is 0 Å². The molecular weight excluding hydrogens is 304 g/mol. The minimum atomic E-state index is -1.10. The molecule has 0 bridgehead atoms. The molecule has 2 atom stereocenters. The number of hydrogen-bond acceptors (Lipinski definition) is 4. The maximum absolute atomic E-state index is 12.6. The molecule has 0 saturated carbocycles. The van der Waals surface area contributed by atoms with Gasteiger partial charge >= 0.3 is 5.97 Å². The summed E-state index contributed by atoms with van der Waals surface area (Å²) in [5.74, 6) is -1.41. The van der Waals surface area contributed by atoms with Crippen molar-refractivity contribution in [3.05, 3.63) is 77.4 Å². The molecule has 0 spiro atoms. The van der Waals surface area contributed by atoms with Crippen molar-refractivity contribution >= 4 is 11.5 Å². The second-order valence-corrected chi connectivity index (χ2v) is 5.89. The van der Waals surface area contributed by atoms with E-state index >= 15 is 0 Å². The summed E-state index contributed by atoms with van der Waals surface area (Å²) in [6, 6.07) is 19.3. The Kier molecular flexibility index (Phi) is 3.71. The Morgan fingerprint density at radius 2 is 1.71 bits per heavy atom. The van der Waals surface area contributed by atoms with Crippen LogP contribution in [-0.2, 0) is 24.8 Å². The Morgan fingerprint density at radius 1 is 1.04 bits per heavy atom. The Labute approximate surface area is 140 Å². The standard InChI is InChI=1S/C20H18O4/c1-22-20(15-10-6-3-7-11-15)18-16(12-13-23-20)17(19(21)24-18)14-8-4-2-5-9-14/h2-11,18H,12-13H2,1H3. The first-order valence-electron chi connectivity index (χ1n) is 8.00. The van der Waals surface area contributed by atoms with Gasteiger partial charge in [-0.05, 0) is 17.6 Å². The molecule has 4 nitrogen and oxygen atoms in total. The van der Waals surface area contributed by atoms with Gasteiger partial charge in [0.25, 0.3) is 0 Å². The van der Waals surface area contributed by atoms with Crippen LogP contribution in [0, 0.1) is 0 Å². The van der Waals surface area contributed by atoms with Crippen LogP contribution in [0.15, 0.2) is 66.2 Å². The van der Waals surface area contributed by atoms with E-state index in [2.05, 4.69) is 0 Å². The number of carbonyl (C=O) groups is 1. The highest BCUT2D eigenvalue weighted by atomic mass is 16.7. The number of ether oxygens (including phenoxy) is 3. The van der Waals surface area contributed by atoms with Crippen molar-refractivity contribution in [3.8, 4) is 0 Å². The maximum atomic E-state index is 12.6. The monoisotopic (exact) mass is 322 g/mol. The average Bonchev–Trinajstić information content (AvgIpc) is 2.99. The molecule has 0 aromatic heterocycles. The fraction of sp³-hybridized carbons (Fsp3) is 0.250. The predicted molar refractivity (Wildman–Crippen MR) is 88.9 cm³/mol. The zero-order valence-corrected chi connectivity index (χ0v) is 13.4. The van der Waals surface area contributed by atoms with Gasteiger partial charge in [-0.15, -0.1) is 0 Å². The van der Waals surface area contributed by atoms with Gasteiger partial charge in [-0.3, -0.25) is 0 Å². The Balaban J connectivity index is 1.85. The van der Waals surface area contributed by atoms with Gasteiger partial charge in [-0.2, -0.15) is 0 Å². The third kappa shape index (κ3) is 2.19. The smallest absolute Gasteiger partial charge is 0.339 e. The van der Waals surface area contributed by atoms with Crippen LogP contribution in [0.5, 0.6) is 0 Å². The van der Waals surface area contributed by atoms with E-state index < -0.39 is 11.9 Å². The van der Waals surface area contributed by atoms with Crippen molar-refractivity contribution in [2.75, 3.05) is 13.7 Å². The number of methoxy groups -OCH3 is 1. The molecule has 122 valence electrons. The van der Waals surface area contributed by atoms with Crippen molar-refractivity contribution < 1.29 is 19.0 Å². The lowest BCUT2D eigenvalue weighted by molar-refractivity contribution is -0.285. The number of benzene rings is 2. The molecule has 1 fully saturated rings. The Bertz CT molecular complexity index is 782. The maximum Gasteiger partial charge on any atom is 0.339 e. The van der Waals surface area contributed by atoms with Crippen molar-refractivity contribution in [1.82, 2.24) is 0 Å². The molecule has 2 unspecified atom stereocenters. The number of esters is 1. The molecule has 4 heteroatoms. The van der Waals surface area contributed by atoms with Crippen molar-refractivity contribution in [1.29, 1.82) is 0 Å². The summed E-state index contributed by atoms with van der Waals surface area (Å²) in [4.78, 5) is 12.6. The second kappa shape index (κ2) is 5.89. The molecule has 2 heterocycles. The van der Waals surface area contributed by atoms with E-state index in [1.807, 2.05) is 60.7 Å². The highest BCUT2D eigenvalue weighted by Gasteiger charge is 2.54. The van der Waals surface area contributed by atoms with Crippen LogP contribution in [0.1, 0.15) is 17.5 Å². The van der Waals surface area contributed by atoms with E-state index in [0.29, 0.717) is 18.6 Å². The molecule has 0 aliphatic carbocycles. The number of hydrogen-bond donors (Lipinski definition) is 0. The van der Waals surface area contributed by atoms with E-state index in [-0.39, 0.29) is 5.97 Å². The first-order chi connectivity index (χ1) is 11.8. The number of carbonyl (C=O) groups excluding carboxylic acids is 1. The van der Waals surface area contributed by atoms with Gasteiger partial charge in [-0.25, -0.2) is 4.79 Å². The third-order valence-corrected chi connectivity index (χ3v) is 4.64. The molecule has 2 aliphatic rings. The summed E-state index contributed by atoms with van der Waals surface area (Å²) in [6.45, 7) is 0.474. The van der Waals surface area contributed by atoms with Crippen LogP contribution >= 0.6 is 0 Å². The Morgan fingerprint density at radius 3 is 2.38 bits per heavy atom. The van der Waals surface area contributed by atoms with E-state index in [4.69, 9.17) is 14.2 Å². The first kappa shape index (κ1) is 15.1. The zero-order valence-electron chi connectivity index (χ0n) is 13.4.